The van der Waals surface area contributed by atoms with Crippen LogP contribution in [-0.2, 0) is 22.5 Å². The Hall–Kier alpha value is -2.82. The predicted molar refractivity (Wildman–Crippen MR) is 96.6 cm³/mol. The molecule has 5 heteroatoms. The molecule has 5 nitrogen and oxygen atoms in total. The molecule has 0 aliphatic carbocycles. The fraction of sp³-hybridized carbons (Fsp3) is 0.300. The third-order valence-corrected chi connectivity index (χ3v) is 4.42. The highest BCUT2D eigenvalue weighted by Crippen LogP contribution is 2.22. The average molecular weight is 338 g/mol. The number of carbonyl (C=O) groups is 2. The van der Waals surface area contributed by atoms with E-state index in [0.717, 1.165) is 16.8 Å². The van der Waals surface area contributed by atoms with Crippen molar-refractivity contribution in [3.05, 3.63) is 65.2 Å². The van der Waals surface area contributed by atoms with Crippen LogP contribution < -0.4 is 4.90 Å². The number of rotatable bonds is 4. The lowest BCUT2D eigenvalue weighted by atomic mass is 9.98. The fourth-order valence-corrected chi connectivity index (χ4v) is 2.97. The summed E-state index contributed by atoms with van der Waals surface area (Å²) in [4.78, 5) is 28.4. The smallest absolute Gasteiger partial charge is 0.339 e. The lowest BCUT2D eigenvalue weighted by Gasteiger charge is -2.27. The molecule has 1 aliphatic rings. The minimum Gasteiger partial charge on any atom is -0.448 e. The minimum atomic E-state index is -0.756. The zero-order chi connectivity index (χ0) is 18.0. The second-order valence-electron chi connectivity index (χ2n) is 6.51. The molecule has 0 spiro atoms. The maximum Gasteiger partial charge on any atom is 0.339 e. The van der Waals surface area contributed by atoms with Crippen LogP contribution in [0, 0.1) is 0 Å². The number of benzene rings is 2. The van der Waals surface area contributed by atoms with Crippen LogP contribution in [0.15, 0.2) is 48.5 Å². The van der Waals surface area contributed by atoms with Crippen molar-refractivity contribution >= 4 is 17.6 Å². The Labute approximate surface area is 147 Å². The van der Waals surface area contributed by atoms with Crippen LogP contribution in [-0.4, -0.2) is 44.0 Å². The van der Waals surface area contributed by atoms with E-state index in [-0.39, 0.29) is 5.91 Å². The molecule has 1 heterocycles. The van der Waals surface area contributed by atoms with E-state index in [2.05, 4.69) is 0 Å². The van der Waals surface area contributed by atoms with E-state index in [1.807, 2.05) is 55.4 Å². The van der Waals surface area contributed by atoms with Gasteiger partial charge in [-0.25, -0.2) is 4.79 Å². The zero-order valence-electron chi connectivity index (χ0n) is 14.7. The number of cyclic esters (lactones) is 1. The van der Waals surface area contributed by atoms with Crippen LogP contribution >= 0.6 is 0 Å². The van der Waals surface area contributed by atoms with Crippen molar-refractivity contribution in [2.75, 3.05) is 26.0 Å². The molecule has 2 aromatic carbocycles. The third-order valence-electron chi connectivity index (χ3n) is 4.42. The molecule has 1 aliphatic heterocycles. The van der Waals surface area contributed by atoms with Gasteiger partial charge in [-0.1, -0.05) is 30.3 Å². The molecule has 3 rings (SSSR count). The zero-order valence-corrected chi connectivity index (χ0v) is 14.7. The van der Waals surface area contributed by atoms with Crippen LogP contribution in [0.1, 0.15) is 21.5 Å². The van der Waals surface area contributed by atoms with Crippen LogP contribution in [0.3, 0.4) is 0 Å². The van der Waals surface area contributed by atoms with Crippen molar-refractivity contribution < 1.29 is 14.3 Å². The number of carbonyl (C=O) groups excluding carboxylic acids is 2. The molecule has 0 fully saturated rings. The number of likely N-dealkylation sites (N-methyl/N-ethyl adjacent to an activating group) is 1. The summed E-state index contributed by atoms with van der Waals surface area (Å²) in [6.07, 6.45) is -0.335. The van der Waals surface area contributed by atoms with Gasteiger partial charge < -0.3 is 14.5 Å². The summed E-state index contributed by atoms with van der Waals surface area (Å²) in [6.45, 7) is 0.474. The first-order chi connectivity index (χ1) is 12.0. The quantitative estimate of drug-likeness (QED) is 0.804. The molecular weight excluding hydrogens is 316 g/mol. The average Bonchev–Trinajstić information content (AvgIpc) is 2.61. The third kappa shape index (κ3) is 3.65. The molecule has 25 heavy (non-hydrogen) atoms. The van der Waals surface area contributed by atoms with Crippen molar-refractivity contribution in [2.45, 2.75) is 19.1 Å². The Morgan fingerprint density at radius 3 is 2.44 bits per heavy atom. The number of hydrogen-bond donors (Lipinski definition) is 0. The van der Waals surface area contributed by atoms with Gasteiger partial charge in [0.2, 0.25) is 0 Å². The molecule has 0 bridgehead atoms. The second kappa shape index (κ2) is 6.97. The molecule has 0 saturated carbocycles. The second-order valence-corrected chi connectivity index (χ2v) is 6.51. The van der Waals surface area contributed by atoms with E-state index in [1.165, 1.54) is 0 Å². The highest BCUT2D eigenvalue weighted by molar-refractivity contribution is 5.95. The molecule has 0 aromatic heterocycles. The summed E-state index contributed by atoms with van der Waals surface area (Å²) >= 11 is 0. The molecule has 130 valence electrons. The summed E-state index contributed by atoms with van der Waals surface area (Å²) in [5.74, 6) is -0.608. The minimum absolute atomic E-state index is 0.181. The fourth-order valence-electron chi connectivity index (χ4n) is 2.97. The molecule has 0 N–H and O–H groups in total. The number of amides is 1. The maximum atomic E-state index is 12.7. The van der Waals surface area contributed by atoms with Gasteiger partial charge in [0.15, 0.2) is 6.10 Å². The molecule has 2 aromatic rings. The van der Waals surface area contributed by atoms with E-state index < -0.39 is 12.1 Å². The Morgan fingerprint density at radius 2 is 1.76 bits per heavy atom. The Bertz CT molecular complexity index is 784. The molecular formula is C20H22N2O3. The maximum absolute atomic E-state index is 12.7. The Kier molecular flexibility index (Phi) is 4.74. The van der Waals surface area contributed by atoms with E-state index in [1.54, 1.807) is 24.1 Å². The normalized spacial score (nSPS) is 16.0. The van der Waals surface area contributed by atoms with Gasteiger partial charge in [0.1, 0.15) is 0 Å². The summed E-state index contributed by atoms with van der Waals surface area (Å²) in [5, 5.41) is 0. The molecule has 0 unspecified atom stereocenters. The van der Waals surface area contributed by atoms with E-state index in [9.17, 15) is 9.59 Å². The van der Waals surface area contributed by atoms with Gasteiger partial charge >= 0.3 is 5.97 Å². The van der Waals surface area contributed by atoms with Crippen molar-refractivity contribution in [3.8, 4) is 0 Å². The molecule has 1 amide bonds. The number of nitrogens with zero attached hydrogens (tertiary/aromatic N) is 2. The Balaban J connectivity index is 1.68. The summed E-state index contributed by atoms with van der Waals surface area (Å²) in [6, 6.07) is 15.3. The number of esters is 1. The first kappa shape index (κ1) is 17.0. The summed E-state index contributed by atoms with van der Waals surface area (Å²) in [7, 11) is 5.70. The number of hydrogen-bond acceptors (Lipinski definition) is 4. The molecule has 1 atom stereocenters. The molecule has 0 radical (unpaired) electrons. The van der Waals surface area contributed by atoms with Crippen LogP contribution in [0.2, 0.25) is 0 Å². The molecule has 0 saturated heterocycles. The topological polar surface area (TPSA) is 49.9 Å². The monoisotopic (exact) mass is 338 g/mol. The SMILES string of the molecule is CN(Cc1ccc(N(C)C)cc1)C(=O)[C@@H]1Cc2ccccc2C(=O)O1. The first-order valence-corrected chi connectivity index (χ1v) is 8.26. The standard InChI is InChI=1S/C20H22N2O3/c1-21(2)16-10-8-14(9-11-16)13-22(3)19(23)18-12-15-6-4-5-7-17(15)20(24)25-18/h4-11,18H,12-13H2,1-3H3/t18-/m0/s1. The van der Waals surface area contributed by atoms with Gasteiger partial charge in [0.05, 0.1) is 5.56 Å². The van der Waals surface area contributed by atoms with E-state index in [4.69, 9.17) is 4.74 Å². The van der Waals surface area contributed by atoms with Crippen LogP contribution in [0.4, 0.5) is 5.69 Å². The van der Waals surface area contributed by atoms with Crippen molar-refractivity contribution in [1.82, 2.24) is 4.90 Å². The largest absolute Gasteiger partial charge is 0.448 e. The van der Waals surface area contributed by atoms with Crippen molar-refractivity contribution in [3.63, 3.8) is 0 Å². The lowest BCUT2D eigenvalue weighted by molar-refractivity contribution is -0.140. The van der Waals surface area contributed by atoms with Gasteiger partial charge in [-0.3, -0.25) is 4.79 Å². The van der Waals surface area contributed by atoms with Crippen LogP contribution in [0.5, 0.6) is 0 Å². The Morgan fingerprint density at radius 1 is 1.08 bits per heavy atom. The van der Waals surface area contributed by atoms with Gasteiger partial charge in [-0.05, 0) is 29.3 Å². The van der Waals surface area contributed by atoms with E-state index in [0.29, 0.717) is 18.5 Å². The first-order valence-electron chi connectivity index (χ1n) is 8.26. The van der Waals surface area contributed by atoms with Gasteiger partial charge in [-0.15, -0.1) is 0 Å². The van der Waals surface area contributed by atoms with Gasteiger partial charge in [0.25, 0.3) is 5.91 Å². The van der Waals surface area contributed by atoms with Crippen LogP contribution in [0.25, 0.3) is 0 Å². The van der Waals surface area contributed by atoms with Gasteiger partial charge in [-0.2, -0.15) is 0 Å². The summed E-state index contributed by atoms with van der Waals surface area (Å²) in [5.41, 5.74) is 3.55. The number of fused-ring (bicyclic) bond motifs is 1. The summed E-state index contributed by atoms with van der Waals surface area (Å²) < 4.78 is 5.35. The van der Waals surface area contributed by atoms with Gasteiger partial charge in [0, 0.05) is 39.8 Å². The highest BCUT2D eigenvalue weighted by Gasteiger charge is 2.32. The van der Waals surface area contributed by atoms with Crippen molar-refractivity contribution in [1.29, 1.82) is 0 Å². The highest BCUT2D eigenvalue weighted by atomic mass is 16.5. The lowest BCUT2D eigenvalue weighted by Crippen LogP contribution is -2.42. The van der Waals surface area contributed by atoms with E-state index >= 15 is 0 Å². The number of anilines is 1. The van der Waals surface area contributed by atoms with Crippen molar-refractivity contribution in [2.24, 2.45) is 0 Å². The predicted octanol–water partition coefficient (Wildman–Crippen LogP) is 2.49. The number of ether oxygens (including phenoxy) is 1.